The fourth-order valence-electron chi connectivity index (χ4n) is 15.9. The number of rotatable bonds is 16. The number of allylic oxidation sites excluding steroid dienone is 16. The minimum atomic E-state index is -0.128. The van der Waals surface area contributed by atoms with E-state index in [-0.39, 0.29) is 211 Å². The van der Waals surface area contributed by atoms with Crippen molar-refractivity contribution in [3.63, 3.8) is 0 Å². The number of aryl methyl sites for hydroxylation is 16. The average Bonchev–Trinajstić information content (AvgIpc) is 0.811. The monoisotopic (exact) mass is 2420 g/mol. The molecule has 27 heteroatoms. The fraction of sp³-hybridized carbons (Fsp3) is 0.298. The van der Waals surface area contributed by atoms with Crippen LogP contribution in [-0.2, 0) is 0 Å². The van der Waals surface area contributed by atoms with Gasteiger partial charge in [0.2, 0.25) is 0 Å². The van der Waals surface area contributed by atoms with Crippen molar-refractivity contribution in [3.05, 3.63) is 435 Å². The zero-order valence-corrected chi connectivity index (χ0v) is 101. The molecule has 0 fully saturated rings. The maximum absolute atomic E-state index is 12.9. The van der Waals surface area contributed by atoms with Gasteiger partial charge in [0.1, 0.15) is 0 Å². The molecule has 4 aliphatic rings. The van der Waals surface area contributed by atoms with E-state index in [1.54, 1.807) is 42.3 Å². The minimum Gasteiger partial charge on any atom is -0.668 e. The van der Waals surface area contributed by atoms with Gasteiger partial charge in [0.25, 0.3) is 47.3 Å². The van der Waals surface area contributed by atoms with Crippen LogP contribution in [0.1, 0.15) is 253 Å². The molecule has 8 aromatic rings. The van der Waals surface area contributed by atoms with Crippen LogP contribution in [0.5, 0.6) is 0 Å². The van der Waals surface area contributed by atoms with E-state index in [4.69, 9.17) is 0 Å². The average molecular weight is 2430 g/mol. The van der Waals surface area contributed by atoms with Gasteiger partial charge >= 0.3 is 40.8 Å². The summed E-state index contributed by atoms with van der Waals surface area (Å²) in [6.45, 7) is 46.0. The molecular formula is C114H142N15Nd4O8. The Morgan fingerprint density at radius 2 is 0.305 bits per heavy atom. The Bertz CT molecular complexity index is 5350. The Hall–Kier alpha value is -9.12. The number of hydrogen-bond donors (Lipinski definition) is 12. The van der Waals surface area contributed by atoms with Gasteiger partial charge in [-0.2, -0.15) is 42.3 Å². The second-order valence-electron chi connectivity index (χ2n) is 34.6. The van der Waals surface area contributed by atoms with Crippen LogP contribution < -0.4 is 63.8 Å². The first-order chi connectivity index (χ1) is 65.0. The maximum atomic E-state index is 12.9. The van der Waals surface area contributed by atoms with Crippen LogP contribution in [0.15, 0.2) is 285 Å². The van der Waals surface area contributed by atoms with Crippen molar-refractivity contribution in [2.45, 2.75) is 192 Å². The van der Waals surface area contributed by atoms with Gasteiger partial charge in [-0.05, 0) is 279 Å². The predicted molar refractivity (Wildman–Crippen MR) is 562 cm³/mol. The van der Waals surface area contributed by atoms with Crippen molar-refractivity contribution in [2.24, 2.45) is 0 Å². The van der Waals surface area contributed by atoms with E-state index in [9.17, 15) is 38.4 Å². The summed E-state index contributed by atoms with van der Waals surface area (Å²) >= 11 is 0. The number of benzene rings is 8. The number of nitrogens with zero attached hydrogens (tertiary/aromatic N) is 3. The van der Waals surface area contributed by atoms with Crippen molar-refractivity contribution >= 4 is 47.3 Å². The van der Waals surface area contributed by atoms with E-state index in [1.165, 1.54) is 0 Å². The third-order valence-corrected chi connectivity index (χ3v) is 23.1. The molecule has 0 saturated heterocycles. The molecule has 0 spiro atoms. The second-order valence-corrected chi connectivity index (χ2v) is 34.6. The van der Waals surface area contributed by atoms with E-state index in [0.29, 0.717) is 70.2 Å². The van der Waals surface area contributed by atoms with Gasteiger partial charge in [-0.25, -0.2) is 0 Å². The summed E-state index contributed by atoms with van der Waals surface area (Å²) in [4.78, 5) is 103. The first-order valence-electron chi connectivity index (χ1n) is 45.8. The number of carbonyl (C=O) groups is 8. The Morgan fingerprint density at radius 1 is 0.206 bits per heavy atom. The van der Waals surface area contributed by atoms with Gasteiger partial charge in [0.05, 0.1) is 22.8 Å². The van der Waals surface area contributed by atoms with Crippen LogP contribution in [0.4, 0.5) is 0 Å². The van der Waals surface area contributed by atoms with Crippen molar-refractivity contribution in [1.82, 2.24) is 63.8 Å². The first kappa shape index (κ1) is 128. The van der Waals surface area contributed by atoms with Crippen molar-refractivity contribution < 1.29 is 202 Å². The molecule has 737 valence electrons. The largest absolute Gasteiger partial charge is 3.00 e. The molecule has 12 rings (SSSR count). The molecule has 1 radical (unpaired) electrons. The van der Waals surface area contributed by atoms with Crippen LogP contribution in [0, 0.1) is 274 Å². The molecule has 4 heterocycles. The number of amides is 8. The SMILES string of the molecule is CC(NC(=O)c1c(C)cccc1C)=C1C=CCC(=C(C)NC(=O)c2c(C)cccc2C)N1.CC(NC(=O)c1c(C)cccc1C)=C1C=CCC(=C(C)NC(=O)c2c(C)cccc2C)N1.CC(NC(=O)c1c(C)cccc1C)=C1C=CCC(=C(C)NC(=O)c2c(C)cccc2C)N1.CC(NC(=O)c1c(C)cccc1C)=C1C=CCC(=C(C)NC(=O)c2c(C)cccc2C)N1.C[N-]C.C[N-]C.C[N-]C.[Nd+3].[Nd].[Nd].[Nd]. The van der Waals surface area contributed by atoms with Crippen LogP contribution >= 0.6 is 0 Å². The molecule has 8 aromatic carbocycles. The summed E-state index contributed by atoms with van der Waals surface area (Å²) in [6, 6.07) is 46.6. The van der Waals surface area contributed by atoms with E-state index >= 15 is 0 Å². The Kier molecular flexibility index (Phi) is 58.0. The molecule has 4 aliphatic heterocycles. The third-order valence-electron chi connectivity index (χ3n) is 23.1. The summed E-state index contributed by atoms with van der Waals surface area (Å²) in [6.07, 6.45) is 18.5. The summed E-state index contributed by atoms with van der Waals surface area (Å²) in [5.41, 5.74) is 33.4. The number of hydrogen-bond acceptors (Lipinski definition) is 12. The summed E-state index contributed by atoms with van der Waals surface area (Å²) in [5.74, 6) is -0.983. The molecule has 0 aliphatic carbocycles. The zero-order valence-electron chi connectivity index (χ0n) is 87.9. The van der Waals surface area contributed by atoms with Gasteiger partial charge in [-0.15, -0.1) is 0 Å². The summed E-state index contributed by atoms with van der Waals surface area (Å²) in [5, 5.41) is 48.1. The molecule has 0 unspecified atom stereocenters. The van der Waals surface area contributed by atoms with Crippen LogP contribution in [0.2, 0.25) is 0 Å². The topological polar surface area (TPSA) is 323 Å². The van der Waals surface area contributed by atoms with Gasteiger partial charge in [0.15, 0.2) is 0 Å². The molecule has 141 heavy (non-hydrogen) atoms. The van der Waals surface area contributed by atoms with Gasteiger partial charge in [-0.3, -0.25) is 38.4 Å². The van der Waals surface area contributed by atoms with E-state index < -0.39 is 0 Å². The normalized spacial score (nSPS) is 15.1. The van der Waals surface area contributed by atoms with E-state index in [0.717, 1.165) is 180 Å². The molecule has 0 aromatic heterocycles. The van der Waals surface area contributed by atoms with Crippen molar-refractivity contribution in [2.75, 3.05) is 42.3 Å². The molecule has 0 bridgehead atoms. The number of nitrogens with one attached hydrogen (secondary N) is 12. The summed E-state index contributed by atoms with van der Waals surface area (Å²) < 4.78 is 0. The molecule has 23 nitrogen and oxygen atoms in total. The van der Waals surface area contributed by atoms with Gasteiger partial charge < -0.3 is 79.8 Å². The summed E-state index contributed by atoms with van der Waals surface area (Å²) in [7, 11) is 10.5. The van der Waals surface area contributed by atoms with Crippen molar-refractivity contribution in [3.8, 4) is 0 Å². The van der Waals surface area contributed by atoms with E-state index in [2.05, 4.69) is 79.8 Å². The second kappa shape index (κ2) is 63.9. The molecule has 0 atom stereocenters. The van der Waals surface area contributed by atoms with E-state index in [1.807, 2.05) is 360 Å². The molecule has 0 saturated carbocycles. The quantitative estimate of drug-likeness (QED) is 0.0430. The van der Waals surface area contributed by atoms with Crippen LogP contribution in [0.25, 0.3) is 16.0 Å². The first-order valence-corrected chi connectivity index (χ1v) is 45.8. The van der Waals surface area contributed by atoms with Crippen LogP contribution in [-0.4, -0.2) is 89.5 Å². The molecule has 8 amide bonds. The maximum Gasteiger partial charge on any atom is 3.00 e. The van der Waals surface area contributed by atoms with Gasteiger partial charge in [0, 0.05) is 261 Å². The third kappa shape index (κ3) is 38.1. The van der Waals surface area contributed by atoms with Crippen LogP contribution in [0.3, 0.4) is 0 Å². The zero-order chi connectivity index (χ0) is 102. The predicted octanol–water partition coefficient (Wildman–Crippen LogP) is 22.2. The molecule has 12 N–H and O–H groups in total. The smallest absolute Gasteiger partial charge is 0.668 e. The Labute approximate surface area is 969 Å². The minimum absolute atomic E-state index is 0. The Balaban J connectivity index is 0.000000611. The molecular weight excluding hydrogens is 2280 g/mol. The van der Waals surface area contributed by atoms with Crippen molar-refractivity contribution in [1.29, 1.82) is 0 Å². The fourth-order valence-corrected chi connectivity index (χ4v) is 15.9. The van der Waals surface area contributed by atoms with Gasteiger partial charge in [-0.1, -0.05) is 170 Å². The standard InChI is InChI=1S/4C27H31N3O2.3C2H6N.4Nd/c4*1-16-10-7-11-17(2)24(16)26(31)28-20(5)22-14-9-15-23(30-22)21(6)29-27(32)25-18(3)12-8-13-19(25)4;3*1-3-2;;;;/h4*7-14,30H,15H2,1-6H3,(H,28,31)(H,29,32);3*1-2H3;;;;/q;;;;3*-1;;;;+3. The Morgan fingerprint density at radius 3 is 0.411 bits per heavy atom. The number of carbonyl (C=O) groups excluding carboxylic acids is 8.